The fraction of sp³-hybridized carbons (Fsp3) is 0.267. The monoisotopic (exact) mass is 313 g/mol. The minimum atomic E-state index is -0.537. The molecule has 2 heterocycles. The zero-order chi connectivity index (χ0) is 16.8. The van der Waals surface area contributed by atoms with Gasteiger partial charge in [-0.2, -0.15) is 5.26 Å². The van der Waals surface area contributed by atoms with Crippen molar-refractivity contribution in [1.82, 2.24) is 20.6 Å². The zero-order valence-electron chi connectivity index (χ0n) is 12.4. The van der Waals surface area contributed by atoms with Crippen LogP contribution in [0.2, 0.25) is 0 Å². The number of nitrogens with one attached hydrogen (secondary N) is 3. The molecule has 118 valence electrons. The van der Waals surface area contributed by atoms with Crippen molar-refractivity contribution in [2.75, 3.05) is 0 Å². The molecule has 0 aliphatic carbocycles. The van der Waals surface area contributed by atoms with Gasteiger partial charge in [0.25, 0.3) is 0 Å². The van der Waals surface area contributed by atoms with E-state index in [9.17, 15) is 14.4 Å². The van der Waals surface area contributed by atoms with Crippen LogP contribution >= 0.6 is 0 Å². The van der Waals surface area contributed by atoms with Crippen molar-refractivity contribution in [3.05, 3.63) is 29.6 Å². The lowest BCUT2D eigenvalue weighted by Gasteiger charge is -2.19. The lowest BCUT2D eigenvalue weighted by molar-refractivity contribution is -0.135. The first-order chi connectivity index (χ1) is 11.0. The van der Waals surface area contributed by atoms with Gasteiger partial charge in [-0.1, -0.05) is 12.1 Å². The first kappa shape index (κ1) is 16.2. The molecule has 0 bridgehead atoms. The van der Waals surface area contributed by atoms with E-state index in [4.69, 9.17) is 5.26 Å². The molecule has 1 aromatic heterocycles. The zero-order valence-corrected chi connectivity index (χ0v) is 12.4. The average molecular weight is 313 g/mol. The molecule has 1 fully saturated rings. The predicted molar refractivity (Wildman–Crippen MR) is 80.9 cm³/mol. The molecule has 1 saturated heterocycles. The molecule has 0 spiro atoms. The Morgan fingerprint density at radius 3 is 2.83 bits per heavy atom. The summed E-state index contributed by atoms with van der Waals surface area (Å²) < 4.78 is 0. The third-order valence-electron chi connectivity index (χ3n) is 3.33. The summed E-state index contributed by atoms with van der Waals surface area (Å²) in [6.45, 7) is 1.98. The maximum atomic E-state index is 10.8. The van der Waals surface area contributed by atoms with Crippen molar-refractivity contribution in [3.8, 4) is 6.07 Å². The normalized spacial score (nSPS) is 16.8. The molecule has 1 aliphatic rings. The van der Waals surface area contributed by atoms with E-state index in [1.165, 1.54) is 0 Å². The van der Waals surface area contributed by atoms with Crippen molar-refractivity contribution >= 4 is 29.3 Å². The van der Waals surface area contributed by atoms with E-state index in [1.54, 1.807) is 0 Å². The highest BCUT2D eigenvalue weighted by molar-refractivity contribution is 6.00. The van der Waals surface area contributed by atoms with Gasteiger partial charge in [0.2, 0.25) is 24.0 Å². The van der Waals surface area contributed by atoms with Gasteiger partial charge >= 0.3 is 0 Å². The number of imidazole rings is 1. The number of fused-ring (bicyclic) bond motifs is 1. The maximum absolute atomic E-state index is 10.8. The van der Waals surface area contributed by atoms with Crippen LogP contribution in [0, 0.1) is 18.3 Å². The Kier molecular flexibility index (Phi) is 5.04. The summed E-state index contributed by atoms with van der Waals surface area (Å²) in [6.07, 6.45) is 1.14. The molecule has 8 heteroatoms. The van der Waals surface area contributed by atoms with Crippen molar-refractivity contribution in [3.63, 3.8) is 0 Å². The van der Waals surface area contributed by atoms with Crippen LogP contribution in [0.25, 0.3) is 11.0 Å². The van der Waals surface area contributed by atoms with Crippen LogP contribution in [0.15, 0.2) is 18.2 Å². The van der Waals surface area contributed by atoms with Crippen LogP contribution in [0.3, 0.4) is 0 Å². The number of para-hydroxylation sites is 1. The number of imide groups is 1. The van der Waals surface area contributed by atoms with Crippen LogP contribution in [-0.4, -0.2) is 34.2 Å². The summed E-state index contributed by atoms with van der Waals surface area (Å²) in [7, 11) is 0. The number of carbonyl (C=O) groups is 3. The maximum Gasteiger partial charge on any atom is 0.249 e. The highest BCUT2D eigenvalue weighted by atomic mass is 16.2. The van der Waals surface area contributed by atoms with Crippen molar-refractivity contribution in [2.45, 2.75) is 25.8 Å². The lowest BCUT2D eigenvalue weighted by Crippen LogP contribution is -2.50. The molecule has 0 radical (unpaired) electrons. The number of aryl methyl sites for hydroxylation is 1. The number of H-pyrrole nitrogens is 1. The summed E-state index contributed by atoms with van der Waals surface area (Å²) in [5.41, 5.74) is 2.89. The van der Waals surface area contributed by atoms with Crippen molar-refractivity contribution in [1.29, 1.82) is 5.26 Å². The Morgan fingerprint density at radius 1 is 1.43 bits per heavy atom. The van der Waals surface area contributed by atoms with Gasteiger partial charge in [0.15, 0.2) is 0 Å². The van der Waals surface area contributed by atoms with Crippen LogP contribution in [0.4, 0.5) is 0 Å². The Balaban J connectivity index is 0.000000168. The quantitative estimate of drug-likeness (QED) is 0.542. The number of piperidine rings is 1. The molecule has 1 aliphatic heterocycles. The van der Waals surface area contributed by atoms with Crippen LogP contribution < -0.4 is 10.6 Å². The molecule has 3 N–H and O–H groups in total. The summed E-state index contributed by atoms with van der Waals surface area (Å²) in [5, 5.41) is 13.0. The molecular weight excluding hydrogens is 298 g/mol. The number of rotatable bonds is 2. The van der Waals surface area contributed by atoms with Crippen LogP contribution in [0.1, 0.15) is 24.2 Å². The number of benzene rings is 1. The Bertz CT molecular complexity index is 790. The third kappa shape index (κ3) is 3.91. The summed E-state index contributed by atoms with van der Waals surface area (Å²) in [4.78, 5) is 38.4. The van der Waals surface area contributed by atoms with Gasteiger partial charge in [-0.15, -0.1) is 0 Å². The number of carbonyl (C=O) groups excluding carboxylic acids is 3. The van der Waals surface area contributed by atoms with E-state index < -0.39 is 11.9 Å². The number of hydrogen-bond acceptors (Lipinski definition) is 5. The molecule has 3 amide bonds. The molecule has 0 saturated carbocycles. The SMILES string of the molecule is Cc1cccc2[nH]c(C#N)nc12.O=CNC1CCC(=O)NC1=O. The summed E-state index contributed by atoms with van der Waals surface area (Å²) in [5.74, 6) is -0.327. The molecule has 1 atom stereocenters. The first-order valence-corrected chi connectivity index (χ1v) is 6.94. The predicted octanol–water partition coefficient (Wildman–Crippen LogP) is 0.281. The Hall–Kier alpha value is -3.21. The molecule has 1 unspecified atom stereocenters. The summed E-state index contributed by atoms with van der Waals surface area (Å²) in [6, 6.07) is 7.27. The number of aromatic amines is 1. The summed E-state index contributed by atoms with van der Waals surface area (Å²) >= 11 is 0. The molecule has 8 nitrogen and oxygen atoms in total. The minimum Gasteiger partial charge on any atom is -0.347 e. The van der Waals surface area contributed by atoms with Gasteiger partial charge in [0, 0.05) is 6.42 Å². The van der Waals surface area contributed by atoms with Crippen molar-refractivity contribution < 1.29 is 14.4 Å². The number of aromatic nitrogens is 2. The fourth-order valence-corrected chi connectivity index (χ4v) is 2.16. The van der Waals surface area contributed by atoms with Gasteiger partial charge in [0.1, 0.15) is 12.1 Å². The number of nitriles is 1. The second-order valence-corrected chi connectivity index (χ2v) is 4.96. The topological polar surface area (TPSA) is 128 Å². The van der Waals surface area contributed by atoms with Gasteiger partial charge < -0.3 is 10.3 Å². The van der Waals surface area contributed by atoms with Gasteiger partial charge in [-0.3, -0.25) is 19.7 Å². The van der Waals surface area contributed by atoms with E-state index in [-0.39, 0.29) is 12.3 Å². The highest BCUT2D eigenvalue weighted by Crippen LogP contribution is 2.14. The average Bonchev–Trinajstić information content (AvgIpc) is 2.96. The largest absolute Gasteiger partial charge is 0.347 e. The van der Waals surface area contributed by atoms with E-state index in [1.807, 2.05) is 31.2 Å². The number of nitrogens with zero attached hydrogens (tertiary/aromatic N) is 2. The minimum absolute atomic E-state index is 0.279. The van der Waals surface area contributed by atoms with Gasteiger partial charge in [-0.25, -0.2) is 4.98 Å². The van der Waals surface area contributed by atoms with E-state index >= 15 is 0 Å². The standard InChI is InChI=1S/C9H7N3.C6H8N2O3/c1-6-3-2-4-7-9(6)12-8(5-10)11-7;9-3-7-4-1-2-5(10)8-6(4)11/h2-4H,1H3,(H,11,12);3-4H,1-2H2,(H,7,9)(H,8,10,11). The molecule has 1 aromatic carbocycles. The Morgan fingerprint density at radius 2 is 2.22 bits per heavy atom. The third-order valence-corrected chi connectivity index (χ3v) is 3.33. The van der Waals surface area contributed by atoms with Crippen LogP contribution in [0.5, 0.6) is 0 Å². The van der Waals surface area contributed by atoms with Gasteiger partial charge in [0.05, 0.1) is 11.0 Å². The highest BCUT2D eigenvalue weighted by Gasteiger charge is 2.25. The van der Waals surface area contributed by atoms with E-state index in [0.29, 0.717) is 18.7 Å². The van der Waals surface area contributed by atoms with E-state index in [0.717, 1.165) is 16.6 Å². The van der Waals surface area contributed by atoms with E-state index in [2.05, 4.69) is 20.6 Å². The fourth-order valence-electron chi connectivity index (χ4n) is 2.16. The molecule has 3 rings (SSSR count). The lowest BCUT2D eigenvalue weighted by atomic mass is 10.1. The number of hydrogen-bond donors (Lipinski definition) is 3. The second-order valence-electron chi connectivity index (χ2n) is 4.96. The van der Waals surface area contributed by atoms with Crippen molar-refractivity contribution in [2.24, 2.45) is 0 Å². The molecule has 2 aromatic rings. The first-order valence-electron chi connectivity index (χ1n) is 6.94. The van der Waals surface area contributed by atoms with Gasteiger partial charge in [-0.05, 0) is 25.0 Å². The second kappa shape index (κ2) is 7.17. The molecular formula is C15H15N5O3. The smallest absolute Gasteiger partial charge is 0.249 e. The van der Waals surface area contributed by atoms with Crippen LogP contribution in [-0.2, 0) is 14.4 Å². The Labute approximate surface area is 131 Å². The molecule has 23 heavy (non-hydrogen) atoms. The number of amides is 3.